The molecule has 3 unspecified atom stereocenters. The Morgan fingerprint density at radius 2 is 1.88 bits per heavy atom. The van der Waals surface area contributed by atoms with E-state index in [4.69, 9.17) is 9.47 Å². The second kappa shape index (κ2) is 10.3. The average molecular weight is 451 g/mol. The van der Waals surface area contributed by atoms with Gasteiger partial charge in [-0.3, -0.25) is 10.2 Å². The first kappa shape index (κ1) is 23.1. The van der Waals surface area contributed by atoms with Crippen LogP contribution in [0.15, 0.2) is 48.7 Å². The van der Waals surface area contributed by atoms with E-state index in [1.807, 2.05) is 36.5 Å². The van der Waals surface area contributed by atoms with Gasteiger partial charge in [0.15, 0.2) is 11.5 Å². The summed E-state index contributed by atoms with van der Waals surface area (Å²) in [5.74, 6) is 1.82. The van der Waals surface area contributed by atoms with Gasteiger partial charge in [-0.05, 0) is 36.5 Å². The Balaban J connectivity index is 1.60. The van der Waals surface area contributed by atoms with Crippen molar-refractivity contribution in [1.29, 1.82) is 0 Å². The number of para-hydroxylation sites is 2. The normalized spacial score (nSPS) is 19.1. The molecule has 3 aromatic rings. The molecule has 0 spiro atoms. The maximum absolute atomic E-state index is 13.0. The van der Waals surface area contributed by atoms with Crippen molar-refractivity contribution in [2.24, 2.45) is 5.92 Å². The zero-order valence-electron chi connectivity index (χ0n) is 19.8. The summed E-state index contributed by atoms with van der Waals surface area (Å²) in [6, 6.07) is 14.1. The highest BCUT2D eigenvalue weighted by molar-refractivity contribution is 5.85. The number of aromatic amines is 1. The fourth-order valence-corrected chi connectivity index (χ4v) is 4.80. The lowest BCUT2D eigenvalue weighted by atomic mass is 9.89. The van der Waals surface area contributed by atoms with Crippen LogP contribution in [0.4, 0.5) is 0 Å². The lowest BCUT2D eigenvalue weighted by Gasteiger charge is -2.22. The highest BCUT2D eigenvalue weighted by Gasteiger charge is 2.31. The minimum atomic E-state index is -0.246. The van der Waals surface area contributed by atoms with E-state index in [2.05, 4.69) is 47.1 Å². The molecule has 1 aliphatic heterocycles. The first-order chi connectivity index (χ1) is 16.0. The fraction of sp³-hybridized carbons (Fsp3) is 0.423. The second-order valence-corrected chi connectivity index (χ2v) is 9.07. The monoisotopic (exact) mass is 450 g/mol. The van der Waals surface area contributed by atoms with Crippen molar-refractivity contribution in [3.8, 4) is 11.5 Å². The van der Waals surface area contributed by atoms with E-state index in [0.29, 0.717) is 30.0 Å². The molecule has 1 aromatic heterocycles. The molecular formula is C26H34N4O3. The first-order valence-electron chi connectivity index (χ1n) is 11.6. The van der Waals surface area contributed by atoms with Crippen LogP contribution in [0.2, 0.25) is 0 Å². The minimum Gasteiger partial charge on any atom is -0.493 e. The largest absolute Gasteiger partial charge is 0.493 e. The number of hydrazine groups is 1. The van der Waals surface area contributed by atoms with Gasteiger partial charge >= 0.3 is 0 Å². The van der Waals surface area contributed by atoms with Gasteiger partial charge in [0, 0.05) is 41.2 Å². The van der Waals surface area contributed by atoms with Crippen LogP contribution in [0.25, 0.3) is 10.9 Å². The highest BCUT2D eigenvalue weighted by Crippen LogP contribution is 2.40. The zero-order valence-corrected chi connectivity index (χ0v) is 19.8. The number of carbonyl (C=O) groups is 1. The second-order valence-electron chi connectivity index (χ2n) is 9.07. The van der Waals surface area contributed by atoms with Crippen LogP contribution in [0.3, 0.4) is 0 Å². The van der Waals surface area contributed by atoms with Crippen LogP contribution >= 0.6 is 0 Å². The Morgan fingerprint density at radius 1 is 1.06 bits per heavy atom. The number of ether oxygens (including phenoxy) is 2. The van der Waals surface area contributed by atoms with Gasteiger partial charge in [0.1, 0.15) is 6.04 Å². The van der Waals surface area contributed by atoms with Crippen molar-refractivity contribution in [2.75, 3.05) is 20.8 Å². The number of carbonyl (C=O) groups excluding carboxylic acids is 1. The van der Waals surface area contributed by atoms with Crippen molar-refractivity contribution in [3.05, 3.63) is 59.8 Å². The quantitative estimate of drug-likeness (QED) is 0.399. The number of benzene rings is 2. The zero-order chi connectivity index (χ0) is 23.4. The third-order valence-corrected chi connectivity index (χ3v) is 6.34. The van der Waals surface area contributed by atoms with Gasteiger partial charge < -0.3 is 19.8 Å². The van der Waals surface area contributed by atoms with Crippen LogP contribution in [-0.2, 0) is 4.79 Å². The molecule has 176 valence electrons. The molecule has 2 aromatic carbocycles. The third-order valence-electron chi connectivity index (χ3n) is 6.34. The molecule has 1 aliphatic rings. The number of fused-ring (bicyclic) bond motifs is 1. The smallest absolute Gasteiger partial charge is 0.238 e. The molecule has 1 fully saturated rings. The van der Waals surface area contributed by atoms with Crippen LogP contribution < -0.4 is 25.6 Å². The summed E-state index contributed by atoms with van der Waals surface area (Å²) in [5, 5.41) is 4.31. The van der Waals surface area contributed by atoms with Crippen LogP contribution in [0.5, 0.6) is 11.5 Å². The standard InChI is InChI=1S/C26H34N4O3/c1-16(2)12-17-13-23(30-29-17)26(31)28-15-21(19-9-7-11-24(32-3)25(19)33-4)20-14-27-22-10-6-5-8-18(20)22/h5-11,14,16-17,21,23,27,29-30H,12-13,15H2,1-4H3,(H,28,31). The predicted molar refractivity (Wildman–Crippen MR) is 131 cm³/mol. The van der Waals surface area contributed by atoms with Gasteiger partial charge in [0.05, 0.1) is 14.2 Å². The van der Waals surface area contributed by atoms with Crippen LogP contribution in [0.1, 0.15) is 43.7 Å². The molecule has 33 heavy (non-hydrogen) atoms. The van der Waals surface area contributed by atoms with Crippen LogP contribution in [0, 0.1) is 5.92 Å². The molecule has 1 amide bonds. The Hall–Kier alpha value is -3.03. The molecule has 4 rings (SSSR count). The number of H-pyrrole nitrogens is 1. The number of nitrogens with one attached hydrogen (secondary N) is 4. The Morgan fingerprint density at radius 3 is 2.64 bits per heavy atom. The number of hydrogen-bond acceptors (Lipinski definition) is 5. The van der Waals surface area contributed by atoms with Crippen molar-refractivity contribution < 1.29 is 14.3 Å². The topological polar surface area (TPSA) is 87.4 Å². The lowest BCUT2D eigenvalue weighted by Crippen LogP contribution is -2.44. The first-order valence-corrected chi connectivity index (χ1v) is 11.6. The summed E-state index contributed by atoms with van der Waals surface area (Å²) in [6.07, 6.45) is 3.84. The number of methoxy groups -OCH3 is 2. The number of aromatic nitrogens is 1. The van der Waals surface area contributed by atoms with Gasteiger partial charge in [-0.1, -0.05) is 44.2 Å². The van der Waals surface area contributed by atoms with E-state index in [9.17, 15) is 4.79 Å². The third kappa shape index (κ3) is 4.99. The van der Waals surface area contributed by atoms with Crippen molar-refractivity contribution in [1.82, 2.24) is 21.2 Å². The van der Waals surface area contributed by atoms with Crippen molar-refractivity contribution in [2.45, 2.75) is 44.7 Å². The highest BCUT2D eigenvalue weighted by atomic mass is 16.5. The molecule has 0 aliphatic carbocycles. The van der Waals surface area contributed by atoms with Crippen molar-refractivity contribution in [3.63, 3.8) is 0 Å². The molecule has 7 heteroatoms. The summed E-state index contributed by atoms with van der Waals surface area (Å²) >= 11 is 0. The summed E-state index contributed by atoms with van der Waals surface area (Å²) < 4.78 is 11.3. The van der Waals surface area contributed by atoms with E-state index in [1.54, 1.807) is 14.2 Å². The molecule has 7 nitrogen and oxygen atoms in total. The number of rotatable bonds is 9. The van der Waals surface area contributed by atoms with Gasteiger partial charge in [-0.25, -0.2) is 5.43 Å². The molecule has 2 heterocycles. The molecule has 4 N–H and O–H groups in total. The summed E-state index contributed by atoms with van der Waals surface area (Å²) in [6.45, 7) is 4.84. The number of amides is 1. The maximum Gasteiger partial charge on any atom is 0.238 e. The van der Waals surface area contributed by atoms with E-state index < -0.39 is 0 Å². The fourth-order valence-electron chi connectivity index (χ4n) is 4.80. The Labute approximate surface area is 195 Å². The minimum absolute atomic E-state index is 0.000426. The van der Waals surface area contributed by atoms with Gasteiger partial charge in [0.25, 0.3) is 0 Å². The number of hydrogen-bond donors (Lipinski definition) is 4. The Kier molecular flexibility index (Phi) is 7.20. The Bertz CT molecular complexity index is 1090. The predicted octanol–water partition coefficient (Wildman–Crippen LogP) is 3.71. The van der Waals surface area contributed by atoms with Gasteiger partial charge in [-0.2, -0.15) is 0 Å². The summed E-state index contributed by atoms with van der Waals surface area (Å²) in [7, 11) is 3.28. The van der Waals surface area contributed by atoms with E-state index >= 15 is 0 Å². The SMILES string of the molecule is COc1cccc(C(CNC(=O)C2CC(CC(C)C)NN2)c2c[nH]c3ccccc23)c1OC. The molecule has 0 saturated carbocycles. The molecular weight excluding hydrogens is 416 g/mol. The lowest BCUT2D eigenvalue weighted by molar-refractivity contribution is -0.122. The average Bonchev–Trinajstić information content (AvgIpc) is 3.46. The molecule has 0 bridgehead atoms. The van der Waals surface area contributed by atoms with E-state index in [0.717, 1.165) is 34.9 Å². The maximum atomic E-state index is 13.0. The molecule has 3 atom stereocenters. The van der Waals surface area contributed by atoms with E-state index in [1.165, 1.54) is 0 Å². The molecule has 0 radical (unpaired) electrons. The van der Waals surface area contributed by atoms with Crippen molar-refractivity contribution >= 4 is 16.8 Å². The van der Waals surface area contributed by atoms with E-state index in [-0.39, 0.29) is 17.9 Å². The van der Waals surface area contributed by atoms with Gasteiger partial charge in [0.2, 0.25) is 5.91 Å². The van der Waals surface area contributed by atoms with Gasteiger partial charge in [-0.15, -0.1) is 0 Å². The summed E-state index contributed by atoms with van der Waals surface area (Å²) in [4.78, 5) is 16.4. The molecule has 1 saturated heterocycles. The van der Waals surface area contributed by atoms with Crippen LogP contribution in [-0.4, -0.2) is 43.7 Å². The summed E-state index contributed by atoms with van der Waals surface area (Å²) in [5.41, 5.74) is 9.57.